The molecule has 0 spiro atoms. The van der Waals surface area contributed by atoms with Crippen LogP contribution in [-0.4, -0.2) is 13.1 Å². The highest BCUT2D eigenvalue weighted by Gasteiger charge is 2.19. The molecule has 0 radical (unpaired) electrons. The van der Waals surface area contributed by atoms with E-state index in [1.165, 1.54) is 51.6 Å². The van der Waals surface area contributed by atoms with E-state index in [-0.39, 0.29) is 0 Å². The monoisotopic (exact) mass is 201 g/mol. The molecule has 80 valence electrons. The Morgan fingerprint density at radius 3 is 2.53 bits per heavy atom. The molecule has 15 heavy (non-hydrogen) atoms. The van der Waals surface area contributed by atoms with Crippen molar-refractivity contribution in [3.05, 3.63) is 29.3 Å². The van der Waals surface area contributed by atoms with Gasteiger partial charge in [0.15, 0.2) is 0 Å². The molecule has 1 aliphatic carbocycles. The molecular weight excluding hydrogens is 182 g/mol. The zero-order chi connectivity index (χ0) is 10.1. The van der Waals surface area contributed by atoms with E-state index < -0.39 is 0 Å². The third kappa shape index (κ3) is 1.64. The molecule has 1 aromatic carbocycles. The van der Waals surface area contributed by atoms with Gasteiger partial charge in [-0.3, -0.25) is 0 Å². The summed E-state index contributed by atoms with van der Waals surface area (Å²) in [4.78, 5) is 2.59. The lowest BCUT2D eigenvalue weighted by Gasteiger charge is -2.25. The first-order valence-corrected chi connectivity index (χ1v) is 6.31. The normalized spacial score (nSPS) is 20.4. The van der Waals surface area contributed by atoms with E-state index in [2.05, 4.69) is 23.1 Å². The molecule has 0 aromatic heterocycles. The summed E-state index contributed by atoms with van der Waals surface area (Å²) in [6.45, 7) is 2.55. The second-order valence-corrected chi connectivity index (χ2v) is 4.82. The first-order chi connectivity index (χ1) is 7.45. The summed E-state index contributed by atoms with van der Waals surface area (Å²) in [5.41, 5.74) is 4.82. The van der Waals surface area contributed by atoms with E-state index in [1.54, 1.807) is 16.8 Å². The molecule has 0 amide bonds. The summed E-state index contributed by atoms with van der Waals surface area (Å²) in [5, 5.41) is 0. The van der Waals surface area contributed by atoms with Gasteiger partial charge in [0.1, 0.15) is 0 Å². The lowest BCUT2D eigenvalue weighted by molar-refractivity contribution is 0.683. The second-order valence-electron chi connectivity index (χ2n) is 4.82. The fourth-order valence-corrected chi connectivity index (χ4v) is 3.02. The molecule has 1 heteroatoms. The number of anilines is 1. The van der Waals surface area contributed by atoms with Crippen molar-refractivity contribution >= 4 is 5.69 Å². The summed E-state index contributed by atoms with van der Waals surface area (Å²) in [6, 6.07) is 6.90. The number of hydrogen-bond acceptors (Lipinski definition) is 1. The maximum Gasteiger partial charge on any atom is 0.0401 e. The van der Waals surface area contributed by atoms with Crippen LogP contribution in [0.3, 0.4) is 0 Å². The lowest BCUT2D eigenvalue weighted by Crippen LogP contribution is -2.20. The molecular formula is C14H19N. The van der Waals surface area contributed by atoms with Crippen molar-refractivity contribution in [1.29, 1.82) is 0 Å². The van der Waals surface area contributed by atoms with Crippen molar-refractivity contribution in [2.45, 2.75) is 38.5 Å². The Hall–Kier alpha value is -0.980. The molecule has 3 rings (SSSR count). The summed E-state index contributed by atoms with van der Waals surface area (Å²) < 4.78 is 0. The van der Waals surface area contributed by atoms with Gasteiger partial charge < -0.3 is 4.90 Å². The van der Waals surface area contributed by atoms with E-state index in [4.69, 9.17) is 0 Å². The average molecular weight is 201 g/mol. The van der Waals surface area contributed by atoms with Crippen LogP contribution in [0, 0.1) is 0 Å². The van der Waals surface area contributed by atoms with Crippen LogP contribution in [0.2, 0.25) is 0 Å². The van der Waals surface area contributed by atoms with E-state index in [1.807, 2.05) is 0 Å². The highest BCUT2D eigenvalue weighted by Crippen LogP contribution is 2.31. The van der Waals surface area contributed by atoms with E-state index in [0.717, 1.165) is 0 Å². The van der Waals surface area contributed by atoms with Gasteiger partial charge in [-0.05, 0) is 55.7 Å². The molecule has 0 atom stereocenters. The Morgan fingerprint density at radius 2 is 1.67 bits per heavy atom. The predicted octanol–water partition coefficient (Wildman–Crippen LogP) is 3.17. The molecule has 0 bridgehead atoms. The molecule has 0 unspecified atom stereocenters. The van der Waals surface area contributed by atoms with Crippen LogP contribution >= 0.6 is 0 Å². The lowest BCUT2D eigenvalue weighted by atomic mass is 9.90. The molecule has 1 nitrogen and oxygen atoms in total. The van der Waals surface area contributed by atoms with Crippen LogP contribution in [0.5, 0.6) is 0 Å². The summed E-state index contributed by atoms with van der Waals surface area (Å²) >= 11 is 0. The molecule has 0 saturated carbocycles. The number of aryl methyl sites for hydroxylation is 1. The van der Waals surface area contributed by atoms with Gasteiger partial charge in [0.05, 0.1) is 0 Å². The van der Waals surface area contributed by atoms with Gasteiger partial charge in [0.25, 0.3) is 0 Å². The standard InChI is InChI=1S/C14H19N/c1-2-8-13-12(6-1)7-5-9-14(13)15-10-3-4-11-15/h5,7,9H,1-4,6,8,10-11H2. The van der Waals surface area contributed by atoms with Gasteiger partial charge in [-0.15, -0.1) is 0 Å². The van der Waals surface area contributed by atoms with Crippen molar-refractivity contribution in [2.24, 2.45) is 0 Å². The molecule has 1 aromatic rings. The largest absolute Gasteiger partial charge is 0.371 e. The van der Waals surface area contributed by atoms with E-state index in [9.17, 15) is 0 Å². The zero-order valence-electron chi connectivity index (χ0n) is 9.34. The molecule has 1 heterocycles. The topological polar surface area (TPSA) is 3.24 Å². The molecule has 0 N–H and O–H groups in total. The summed E-state index contributed by atoms with van der Waals surface area (Å²) in [6.07, 6.45) is 8.14. The summed E-state index contributed by atoms with van der Waals surface area (Å²) in [5.74, 6) is 0. The third-order valence-electron chi connectivity index (χ3n) is 3.82. The zero-order valence-corrected chi connectivity index (χ0v) is 9.34. The Bertz CT molecular complexity index is 350. The third-order valence-corrected chi connectivity index (χ3v) is 3.82. The van der Waals surface area contributed by atoms with Gasteiger partial charge in [0, 0.05) is 18.8 Å². The molecule has 1 aliphatic heterocycles. The van der Waals surface area contributed by atoms with E-state index >= 15 is 0 Å². The van der Waals surface area contributed by atoms with Crippen LogP contribution in [0.1, 0.15) is 36.8 Å². The first-order valence-electron chi connectivity index (χ1n) is 6.31. The minimum absolute atomic E-state index is 1.27. The van der Waals surface area contributed by atoms with E-state index in [0.29, 0.717) is 0 Å². The highest BCUT2D eigenvalue weighted by atomic mass is 15.1. The van der Waals surface area contributed by atoms with Gasteiger partial charge in [-0.2, -0.15) is 0 Å². The number of fused-ring (bicyclic) bond motifs is 1. The number of benzene rings is 1. The van der Waals surface area contributed by atoms with Crippen molar-refractivity contribution in [2.75, 3.05) is 18.0 Å². The quantitative estimate of drug-likeness (QED) is 0.674. The Kier molecular flexibility index (Phi) is 2.40. The maximum absolute atomic E-state index is 2.59. The number of rotatable bonds is 1. The minimum Gasteiger partial charge on any atom is -0.371 e. The van der Waals surface area contributed by atoms with Crippen molar-refractivity contribution < 1.29 is 0 Å². The Balaban J connectivity index is 1.99. The van der Waals surface area contributed by atoms with Crippen LogP contribution in [0.15, 0.2) is 18.2 Å². The van der Waals surface area contributed by atoms with Crippen LogP contribution in [0.25, 0.3) is 0 Å². The smallest absolute Gasteiger partial charge is 0.0401 e. The van der Waals surface area contributed by atoms with Crippen LogP contribution < -0.4 is 4.90 Å². The SMILES string of the molecule is c1cc2c(c(N3CCCC3)c1)CCCC2. The van der Waals surface area contributed by atoms with Crippen molar-refractivity contribution in [1.82, 2.24) is 0 Å². The molecule has 1 fully saturated rings. The van der Waals surface area contributed by atoms with Gasteiger partial charge in [0.2, 0.25) is 0 Å². The summed E-state index contributed by atoms with van der Waals surface area (Å²) in [7, 11) is 0. The maximum atomic E-state index is 2.59. The Labute approximate surface area is 92.1 Å². The van der Waals surface area contributed by atoms with Gasteiger partial charge in [-0.1, -0.05) is 12.1 Å². The van der Waals surface area contributed by atoms with Gasteiger partial charge >= 0.3 is 0 Å². The van der Waals surface area contributed by atoms with Gasteiger partial charge in [-0.25, -0.2) is 0 Å². The number of hydrogen-bond donors (Lipinski definition) is 0. The Morgan fingerprint density at radius 1 is 0.867 bits per heavy atom. The fraction of sp³-hybridized carbons (Fsp3) is 0.571. The highest BCUT2D eigenvalue weighted by molar-refractivity contribution is 5.58. The second kappa shape index (κ2) is 3.88. The van der Waals surface area contributed by atoms with Crippen molar-refractivity contribution in [3.63, 3.8) is 0 Å². The van der Waals surface area contributed by atoms with Crippen LogP contribution in [0.4, 0.5) is 5.69 Å². The fourth-order valence-electron chi connectivity index (χ4n) is 3.02. The molecule has 1 saturated heterocycles. The molecule has 2 aliphatic rings. The minimum atomic E-state index is 1.27. The van der Waals surface area contributed by atoms with Crippen LogP contribution in [-0.2, 0) is 12.8 Å². The number of nitrogens with zero attached hydrogens (tertiary/aromatic N) is 1. The van der Waals surface area contributed by atoms with Crippen molar-refractivity contribution in [3.8, 4) is 0 Å². The first kappa shape index (κ1) is 9.26. The predicted molar refractivity (Wildman–Crippen MR) is 64.5 cm³/mol. The average Bonchev–Trinajstić information content (AvgIpc) is 2.82.